The van der Waals surface area contributed by atoms with Gasteiger partial charge in [-0.25, -0.2) is 18.8 Å². The summed E-state index contributed by atoms with van der Waals surface area (Å²) in [6.45, 7) is 2.59. The smallest absolute Gasteiger partial charge is 0.407 e. The lowest BCUT2D eigenvalue weighted by atomic mass is 10.1. The van der Waals surface area contributed by atoms with E-state index in [1.54, 1.807) is 29.2 Å². The number of aromatic nitrogens is 1. The van der Waals surface area contributed by atoms with Crippen LogP contribution in [0.25, 0.3) is 10.9 Å². The van der Waals surface area contributed by atoms with Crippen molar-refractivity contribution in [2.75, 3.05) is 18.4 Å². The molecule has 0 saturated carbocycles. The van der Waals surface area contributed by atoms with Crippen LogP contribution in [0, 0.1) is 11.7 Å². The number of carbonyl (C=O) groups excluding carboxylic acids is 3. The molecule has 11 heteroatoms. The largest absolute Gasteiger partial charge is 0.412 e. The third-order valence-corrected chi connectivity index (χ3v) is 5.97. The fraction of sp³-hybridized carbons (Fsp3) is 0.261. The van der Waals surface area contributed by atoms with E-state index < -0.39 is 17.9 Å². The summed E-state index contributed by atoms with van der Waals surface area (Å²) in [4.78, 5) is 38.7. The number of nitrogens with two attached hydrogens (primary N) is 1. The average molecular weight is 488 g/mol. The van der Waals surface area contributed by atoms with E-state index in [0.29, 0.717) is 29.6 Å². The van der Waals surface area contributed by atoms with Gasteiger partial charge in [-0.1, -0.05) is 42.8 Å². The third kappa shape index (κ3) is 4.76. The number of carbonyl (C=O) groups is 3. The number of nitrogens with one attached hydrogen (secondary N) is 2. The van der Waals surface area contributed by atoms with E-state index in [4.69, 9.17) is 22.1 Å². The molecule has 1 aliphatic rings. The van der Waals surface area contributed by atoms with Crippen LogP contribution >= 0.6 is 11.6 Å². The van der Waals surface area contributed by atoms with Crippen LogP contribution in [0.2, 0.25) is 5.02 Å². The fourth-order valence-electron chi connectivity index (χ4n) is 4.14. The topological polar surface area (TPSA) is 119 Å². The first-order chi connectivity index (χ1) is 16.2. The quantitative estimate of drug-likeness (QED) is 0.505. The number of amides is 4. The van der Waals surface area contributed by atoms with Gasteiger partial charge < -0.3 is 26.0 Å². The zero-order valence-electron chi connectivity index (χ0n) is 18.3. The van der Waals surface area contributed by atoms with Crippen molar-refractivity contribution in [3.63, 3.8) is 0 Å². The Morgan fingerprint density at radius 2 is 1.97 bits per heavy atom. The minimum absolute atomic E-state index is 0.113. The van der Waals surface area contributed by atoms with E-state index in [1.807, 2.05) is 6.92 Å². The van der Waals surface area contributed by atoms with Crippen molar-refractivity contribution < 1.29 is 23.5 Å². The van der Waals surface area contributed by atoms with E-state index in [-0.39, 0.29) is 35.3 Å². The number of para-hydroxylation sites is 1. The summed E-state index contributed by atoms with van der Waals surface area (Å²) < 4.78 is 20.2. The van der Waals surface area contributed by atoms with Gasteiger partial charge in [-0.15, -0.1) is 0 Å². The zero-order chi connectivity index (χ0) is 24.4. The van der Waals surface area contributed by atoms with Crippen molar-refractivity contribution in [3.8, 4) is 5.75 Å². The molecule has 4 rings (SSSR count). The first-order valence-electron chi connectivity index (χ1n) is 10.6. The molecule has 1 aromatic heterocycles. The summed E-state index contributed by atoms with van der Waals surface area (Å²) in [5, 5.41) is 5.94. The Balaban J connectivity index is 1.43. The Morgan fingerprint density at radius 3 is 2.74 bits per heavy atom. The van der Waals surface area contributed by atoms with Gasteiger partial charge in [0.05, 0.1) is 22.3 Å². The van der Waals surface area contributed by atoms with Crippen LogP contribution in [0.5, 0.6) is 5.75 Å². The van der Waals surface area contributed by atoms with Gasteiger partial charge in [0.2, 0.25) is 0 Å². The van der Waals surface area contributed by atoms with Crippen LogP contribution in [0.3, 0.4) is 0 Å². The Labute approximate surface area is 199 Å². The maximum absolute atomic E-state index is 14.0. The summed E-state index contributed by atoms with van der Waals surface area (Å²) in [6.07, 6.45) is 1.28. The lowest BCUT2D eigenvalue weighted by Gasteiger charge is -2.25. The molecule has 0 aliphatic carbocycles. The van der Waals surface area contributed by atoms with Gasteiger partial charge in [-0.3, -0.25) is 4.57 Å². The highest BCUT2D eigenvalue weighted by Crippen LogP contribution is 2.28. The number of hydrogen-bond acceptors (Lipinski definition) is 4. The van der Waals surface area contributed by atoms with Crippen molar-refractivity contribution in [1.29, 1.82) is 0 Å². The summed E-state index contributed by atoms with van der Waals surface area (Å²) in [6, 6.07) is 9.83. The lowest BCUT2D eigenvalue weighted by molar-refractivity contribution is 0.187. The van der Waals surface area contributed by atoms with Gasteiger partial charge in [0.1, 0.15) is 0 Å². The number of anilines is 1. The van der Waals surface area contributed by atoms with Crippen LogP contribution in [-0.2, 0) is 0 Å². The standard InChI is InChI=1S/C23H23ClFN5O4/c1-13-9-14(10-27-23(33)34-19-8-4-6-16(24)20(19)25)29(11-13)22(32)28-17-12-30(21(26)31)18-7-3-2-5-15(17)18/h2-8,12-14H,9-11H2,1H3,(H2,26,31)(H,27,33)(H,28,32)/t13-,14-/m0/s1. The number of nitrogens with zero attached hydrogens (tertiary/aromatic N) is 2. The van der Waals surface area contributed by atoms with Crippen molar-refractivity contribution >= 4 is 46.3 Å². The average Bonchev–Trinajstić information content (AvgIpc) is 3.36. The Morgan fingerprint density at radius 1 is 1.21 bits per heavy atom. The van der Waals surface area contributed by atoms with Crippen molar-refractivity contribution in [1.82, 2.24) is 14.8 Å². The number of primary amides is 1. The van der Waals surface area contributed by atoms with Gasteiger partial charge in [-0.05, 0) is 30.5 Å². The van der Waals surface area contributed by atoms with E-state index in [2.05, 4.69) is 10.6 Å². The number of fused-ring (bicyclic) bond motifs is 1. The highest BCUT2D eigenvalue weighted by atomic mass is 35.5. The number of benzene rings is 2. The minimum Gasteiger partial charge on any atom is -0.407 e. The monoisotopic (exact) mass is 487 g/mol. The van der Waals surface area contributed by atoms with Gasteiger partial charge in [0.25, 0.3) is 0 Å². The molecule has 1 aliphatic heterocycles. The summed E-state index contributed by atoms with van der Waals surface area (Å²) in [5.41, 5.74) is 6.47. The molecule has 2 aromatic carbocycles. The molecule has 0 unspecified atom stereocenters. The Bertz CT molecular complexity index is 1260. The molecule has 1 saturated heterocycles. The second-order valence-electron chi connectivity index (χ2n) is 8.17. The van der Waals surface area contributed by atoms with Gasteiger partial charge >= 0.3 is 18.2 Å². The number of halogens is 2. The van der Waals surface area contributed by atoms with Crippen LogP contribution in [0.4, 0.5) is 24.5 Å². The molecule has 34 heavy (non-hydrogen) atoms. The molecule has 4 N–H and O–H groups in total. The van der Waals surface area contributed by atoms with E-state index in [1.165, 1.54) is 29.0 Å². The number of hydrogen-bond donors (Lipinski definition) is 3. The molecule has 2 heterocycles. The molecular weight excluding hydrogens is 465 g/mol. The summed E-state index contributed by atoms with van der Waals surface area (Å²) >= 11 is 5.70. The molecule has 0 bridgehead atoms. The number of rotatable bonds is 4. The van der Waals surface area contributed by atoms with Gasteiger partial charge in [-0.2, -0.15) is 0 Å². The highest BCUT2D eigenvalue weighted by molar-refractivity contribution is 6.30. The molecule has 1 fully saturated rings. The van der Waals surface area contributed by atoms with Crippen molar-refractivity contribution in [3.05, 3.63) is 59.5 Å². The lowest BCUT2D eigenvalue weighted by Crippen LogP contribution is -2.45. The van der Waals surface area contributed by atoms with Crippen LogP contribution in [-0.4, -0.2) is 46.8 Å². The summed E-state index contributed by atoms with van der Waals surface area (Å²) in [5.74, 6) is -0.916. The van der Waals surface area contributed by atoms with E-state index in [9.17, 15) is 18.8 Å². The maximum atomic E-state index is 14.0. The SMILES string of the molecule is C[C@H]1C[C@@H](CNC(=O)Oc2cccc(Cl)c2F)N(C(=O)Nc2cn(C(N)=O)c3ccccc23)C1. The minimum atomic E-state index is -0.856. The second-order valence-corrected chi connectivity index (χ2v) is 8.57. The third-order valence-electron chi connectivity index (χ3n) is 5.68. The first-order valence-corrected chi connectivity index (χ1v) is 11.0. The van der Waals surface area contributed by atoms with Crippen LogP contribution in [0.1, 0.15) is 13.3 Å². The van der Waals surface area contributed by atoms with Gasteiger partial charge in [0.15, 0.2) is 11.6 Å². The molecular formula is C23H23ClFN5O4. The van der Waals surface area contributed by atoms with Crippen LogP contribution in [0.15, 0.2) is 48.7 Å². The number of urea groups is 1. The van der Waals surface area contributed by atoms with Crippen molar-refractivity contribution in [2.45, 2.75) is 19.4 Å². The molecule has 0 spiro atoms. The number of likely N-dealkylation sites (tertiary alicyclic amines) is 1. The first kappa shape index (κ1) is 23.4. The number of ether oxygens (including phenoxy) is 1. The van der Waals surface area contributed by atoms with E-state index in [0.717, 1.165) is 0 Å². The predicted octanol–water partition coefficient (Wildman–Crippen LogP) is 4.39. The second kappa shape index (κ2) is 9.60. The zero-order valence-corrected chi connectivity index (χ0v) is 19.0. The van der Waals surface area contributed by atoms with E-state index >= 15 is 0 Å². The predicted molar refractivity (Wildman–Crippen MR) is 126 cm³/mol. The Hall–Kier alpha value is -3.79. The molecule has 9 nitrogen and oxygen atoms in total. The molecule has 178 valence electrons. The van der Waals surface area contributed by atoms with Crippen molar-refractivity contribution in [2.24, 2.45) is 11.7 Å². The molecule has 0 radical (unpaired) electrons. The molecule has 2 atom stereocenters. The Kier molecular flexibility index (Phi) is 6.60. The van der Waals surface area contributed by atoms with Gasteiger partial charge in [0, 0.05) is 24.7 Å². The molecule has 3 aromatic rings. The van der Waals surface area contributed by atoms with Crippen LogP contribution < -0.4 is 21.1 Å². The summed E-state index contributed by atoms with van der Waals surface area (Å²) in [7, 11) is 0. The highest BCUT2D eigenvalue weighted by Gasteiger charge is 2.34. The fourth-order valence-corrected chi connectivity index (χ4v) is 4.31. The maximum Gasteiger partial charge on any atom is 0.412 e. The normalized spacial score (nSPS) is 17.6. The molecule has 4 amide bonds.